The van der Waals surface area contributed by atoms with Crippen molar-refractivity contribution in [2.45, 2.75) is 81.1 Å². The first-order valence-corrected chi connectivity index (χ1v) is 13.6. The lowest BCUT2D eigenvalue weighted by atomic mass is 9.70. The molecule has 3 fully saturated rings. The number of alkyl halides is 1. The number of carbonyl (C=O) groups excluding carboxylic acids is 3. The molecule has 3 amide bonds. The summed E-state index contributed by atoms with van der Waals surface area (Å²) in [7, 11) is 1.69. The van der Waals surface area contributed by atoms with E-state index in [1.54, 1.807) is 29.0 Å². The van der Waals surface area contributed by atoms with Gasteiger partial charge in [-0.3, -0.25) is 14.4 Å². The quantitative estimate of drug-likeness (QED) is 0.296. The van der Waals surface area contributed by atoms with Gasteiger partial charge in [-0.15, -0.1) is 13.2 Å². The molecule has 35 heavy (non-hydrogen) atoms. The number of rotatable bonds is 12. The summed E-state index contributed by atoms with van der Waals surface area (Å²) in [6, 6.07) is -1.51. The van der Waals surface area contributed by atoms with E-state index >= 15 is 0 Å². The zero-order chi connectivity index (χ0) is 26.1. The maximum Gasteiger partial charge on any atom is 0.248 e. The Bertz CT molecular complexity index is 849. The predicted octanol–water partition coefficient (Wildman–Crippen LogP) is 2.35. The van der Waals surface area contributed by atoms with Gasteiger partial charge in [0.15, 0.2) is 0 Å². The standard InChI is InChI=1S/C26H40BrN3O5/c1-7-11-16(5)29(13-9-3)25(34)22-26-14-18(27)21(35-26)19(23(32)28(6)12-8-2)20(26)24(33)30(22)17(10-4)15-31/h8-9,16-22,31H,2-3,7,10-15H2,1,4-6H3/t16?,17-,18?,19-,20-,21-,22?,26?/m0/s1. The Kier molecular flexibility index (Phi) is 8.86. The SMILES string of the molecule is C=CCN(C)C(=O)[C@H]1[C@H]2C(=O)N([C@@H](CC)CO)C(C(=O)N(CC=C)C(C)CCC)C23CC(Br)[C@@H]1O3. The van der Waals surface area contributed by atoms with Gasteiger partial charge < -0.3 is 24.5 Å². The summed E-state index contributed by atoms with van der Waals surface area (Å²) in [6.45, 7) is 13.9. The molecular weight excluding hydrogens is 514 g/mol. The highest BCUT2D eigenvalue weighted by atomic mass is 79.9. The first kappa shape index (κ1) is 27.9. The third-order valence-corrected chi connectivity index (χ3v) is 8.79. The third-order valence-electron chi connectivity index (χ3n) is 7.95. The van der Waals surface area contributed by atoms with Gasteiger partial charge >= 0.3 is 0 Å². The molecular formula is C26H40BrN3O5. The van der Waals surface area contributed by atoms with Gasteiger partial charge in [-0.1, -0.05) is 48.4 Å². The van der Waals surface area contributed by atoms with Crippen molar-refractivity contribution in [3.8, 4) is 0 Å². The van der Waals surface area contributed by atoms with Crippen LogP contribution >= 0.6 is 15.9 Å². The van der Waals surface area contributed by atoms with E-state index in [2.05, 4.69) is 36.0 Å². The zero-order valence-electron chi connectivity index (χ0n) is 21.4. The molecule has 0 aromatic rings. The van der Waals surface area contributed by atoms with Crippen LogP contribution < -0.4 is 0 Å². The fourth-order valence-corrected chi connectivity index (χ4v) is 7.27. The second-order valence-corrected chi connectivity index (χ2v) is 11.3. The highest BCUT2D eigenvalue weighted by molar-refractivity contribution is 9.09. The Morgan fingerprint density at radius 2 is 1.94 bits per heavy atom. The summed E-state index contributed by atoms with van der Waals surface area (Å²) in [4.78, 5) is 46.6. The molecule has 3 saturated heterocycles. The van der Waals surface area contributed by atoms with E-state index in [1.807, 2.05) is 13.8 Å². The van der Waals surface area contributed by atoms with Crippen LogP contribution in [0.2, 0.25) is 0 Å². The molecule has 3 aliphatic rings. The minimum absolute atomic E-state index is 0.0540. The van der Waals surface area contributed by atoms with Crippen LogP contribution in [0, 0.1) is 11.8 Å². The summed E-state index contributed by atoms with van der Waals surface area (Å²) < 4.78 is 6.56. The van der Waals surface area contributed by atoms with E-state index in [1.165, 1.54) is 4.90 Å². The average molecular weight is 555 g/mol. The van der Waals surface area contributed by atoms with Gasteiger partial charge in [0.05, 0.1) is 30.6 Å². The van der Waals surface area contributed by atoms with Crippen LogP contribution in [-0.2, 0) is 19.1 Å². The molecule has 2 bridgehead atoms. The van der Waals surface area contributed by atoms with Crippen LogP contribution in [0.5, 0.6) is 0 Å². The third kappa shape index (κ3) is 4.48. The molecule has 3 rings (SSSR count). The van der Waals surface area contributed by atoms with Crippen LogP contribution in [-0.4, -0.2) is 98.9 Å². The molecule has 0 aromatic heterocycles. The number of likely N-dealkylation sites (N-methyl/N-ethyl adjacent to an activating group) is 1. The van der Waals surface area contributed by atoms with Gasteiger partial charge in [-0.05, 0) is 26.2 Å². The van der Waals surface area contributed by atoms with Crippen LogP contribution in [0.25, 0.3) is 0 Å². The fraction of sp³-hybridized carbons (Fsp3) is 0.731. The van der Waals surface area contributed by atoms with Gasteiger partial charge in [0.1, 0.15) is 11.6 Å². The van der Waals surface area contributed by atoms with Crippen molar-refractivity contribution in [3.05, 3.63) is 25.3 Å². The lowest BCUT2D eigenvalue weighted by Crippen LogP contribution is -2.60. The monoisotopic (exact) mass is 553 g/mol. The lowest BCUT2D eigenvalue weighted by molar-refractivity contribution is -0.153. The topological polar surface area (TPSA) is 90.4 Å². The second-order valence-electron chi connectivity index (χ2n) is 10.1. The molecule has 3 heterocycles. The maximum absolute atomic E-state index is 14.3. The Hall–Kier alpha value is -1.71. The summed E-state index contributed by atoms with van der Waals surface area (Å²) in [6.07, 6.45) is 5.48. The number of amides is 3. The molecule has 0 radical (unpaired) electrons. The van der Waals surface area contributed by atoms with Gasteiger partial charge in [-0.2, -0.15) is 0 Å². The van der Waals surface area contributed by atoms with Crippen LogP contribution in [0.1, 0.15) is 46.5 Å². The molecule has 0 saturated carbocycles. The predicted molar refractivity (Wildman–Crippen MR) is 138 cm³/mol. The van der Waals surface area contributed by atoms with Crippen LogP contribution in [0.3, 0.4) is 0 Å². The number of carbonyl (C=O) groups is 3. The zero-order valence-corrected chi connectivity index (χ0v) is 22.9. The lowest BCUT2D eigenvalue weighted by Gasteiger charge is -2.41. The molecule has 4 unspecified atom stereocenters. The van der Waals surface area contributed by atoms with E-state index in [0.717, 1.165) is 12.8 Å². The number of nitrogens with zero attached hydrogens (tertiary/aromatic N) is 3. The number of halogens is 1. The van der Waals surface area contributed by atoms with Crippen molar-refractivity contribution < 1.29 is 24.2 Å². The van der Waals surface area contributed by atoms with Crippen LogP contribution in [0.4, 0.5) is 0 Å². The second kappa shape index (κ2) is 11.1. The number of aliphatic hydroxyl groups is 1. The fourth-order valence-electron chi connectivity index (χ4n) is 6.33. The van der Waals surface area contributed by atoms with Gasteiger partial charge in [0.25, 0.3) is 0 Å². The normalized spacial score (nSPS) is 32.8. The molecule has 196 valence electrons. The number of ether oxygens (including phenoxy) is 1. The van der Waals surface area contributed by atoms with Crippen molar-refractivity contribution >= 4 is 33.7 Å². The van der Waals surface area contributed by atoms with Crippen molar-refractivity contribution in [2.75, 3.05) is 26.7 Å². The van der Waals surface area contributed by atoms with E-state index in [9.17, 15) is 19.5 Å². The van der Waals surface area contributed by atoms with Crippen molar-refractivity contribution in [1.82, 2.24) is 14.7 Å². The molecule has 3 aliphatic heterocycles. The van der Waals surface area contributed by atoms with Gasteiger partial charge in [-0.25, -0.2) is 0 Å². The highest BCUT2D eigenvalue weighted by Gasteiger charge is 2.77. The number of likely N-dealkylation sites (tertiary alicyclic amines) is 1. The minimum atomic E-state index is -1.13. The Balaban J connectivity index is 2.12. The molecule has 9 heteroatoms. The molecule has 1 spiro atoms. The van der Waals surface area contributed by atoms with Gasteiger partial charge in [0.2, 0.25) is 17.7 Å². The number of aliphatic hydroxyl groups excluding tert-OH is 1. The molecule has 0 aromatic carbocycles. The van der Waals surface area contributed by atoms with Crippen molar-refractivity contribution in [1.29, 1.82) is 0 Å². The number of hydrogen-bond acceptors (Lipinski definition) is 5. The average Bonchev–Trinajstić information content (AvgIpc) is 3.41. The summed E-state index contributed by atoms with van der Waals surface area (Å²) >= 11 is 3.70. The largest absolute Gasteiger partial charge is 0.394 e. The van der Waals surface area contributed by atoms with Crippen molar-refractivity contribution in [3.63, 3.8) is 0 Å². The smallest absolute Gasteiger partial charge is 0.248 e. The van der Waals surface area contributed by atoms with E-state index in [0.29, 0.717) is 25.9 Å². The summed E-state index contributed by atoms with van der Waals surface area (Å²) in [5.41, 5.74) is -1.13. The maximum atomic E-state index is 14.3. The minimum Gasteiger partial charge on any atom is -0.394 e. The highest BCUT2D eigenvalue weighted by Crippen LogP contribution is 2.60. The van der Waals surface area contributed by atoms with Gasteiger partial charge in [0, 0.05) is 31.0 Å². The Labute approximate surface area is 217 Å². The first-order valence-electron chi connectivity index (χ1n) is 12.7. The van der Waals surface area contributed by atoms with E-state index in [-0.39, 0.29) is 35.2 Å². The Morgan fingerprint density at radius 3 is 2.49 bits per heavy atom. The molecule has 0 aliphatic carbocycles. The molecule has 8 nitrogen and oxygen atoms in total. The van der Waals surface area contributed by atoms with Crippen LogP contribution in [0.15, 0.2) is 25.3 Å². The first-order chi connectivity index (χ1) is 16.6. The van der Waals surface area contributed by atoms with Crippen molar-refractivity contribution in [2.24, 2.45) is 11.8 Å². The number of fused-ring (bicyclic) bond motifs is 1. The van der Waals surface area contributed by atoms with E-state index in [4.69, 9.17) is 4.74 Å². The molecule has 8 atom stereocenters. The molecule has 1 N–H and O–H groups in total. The summed E-state index contributed by atoms with van der Waals surface area (Å²) in [5.74, 6) is -2.16. The number of hydrogen-bond donors (Lipinski definition) is 1. The van der Waals surface area contributed by atoms with E-state index < -0.39 is 35.6 Å². The summed E-state index contributed by atoms with van der Waals surface area (Å²) in [5, 5.41) is 10.2. The Morgan fingerprint density at radius 1 is 1.29 bits per heavy atom.